The minimum Gasteiger partial charge on any atom is -0.481 e. The van der Waals surface area contributed by atoms with Crippen LogP contribution >= 0.6 is 0 Å². The summed E-state index contributed by atoms with van der Waals surface area (Å²) < 4.78 is 5.28. The second kappa shape index (κ2) is 9.92. The van der Waals surface area contributed by atoms with Crippen molar-refractivity contribution in [2.75, 3.05) is 13.7 Å². The van der Waals surface area contributed by atoms with Crippen molar-refractivity contribution in [1.82, 2.24) is 0 Å². The maximum atomic E-state index is 12.3. The van der Waals surface area contributed by atoms with Crippen molar-refractivity contribution in [3.8, 4) is 0 Å². The van der Waals surface area contributed by atoms with Gasteiger partial charge in [-0.3, -0.25) is 4.79 Å². The summed E-state index contributed by atoms with van der Waals surface area (Å²) in [6.07, 6.45) is 11.9. The van der Waals surface area contributed by atoms with Crippen LogP contribution in [-0.2, 0) is 9.53 Å². The quantitative estimate of drug-likeness (QED) is 0.556. The second-order valence-corrected chi connectivity index (χ2v) is 6.72. The summed E-state index contributed by atoms with van der Waals surface area (Å²) in [7, 11) is 1.69. The van der Waals surface area contributed by atoms with E-state index in [9.17, 15) is 9.90 Å². The standard InChI is InChI=1S/C20H34O3/c1-5-8-12-20(19(21)22)15-16(9-6-2)14-17(10-7-3)18(20)11-13-23-4/h14-15,18H,5-13H2,1-4H3,(H,21,22). The van der Waals surface area contributed by atoms with Crippen molar-refractivity contribution in [2.24, 2.45) is 11.3 Å². The fraction of sp³-hybridized carbons (Fsp3) is 0.750. The van der Waals surface area contributed by atoms with Gasteiger partial charge in [0, 0.05) is 19.6 Å². The molecule has 0 heterocycles. The average molecular weight is 322 g/mol. The molecule has 0 saturated heterocycles. The van der Waals surface area contributed by atoms with Gasteiger partial charge in [0.25, 0.3) is 0 Å². The number of allylic oxidation sites excluding steroid dienone is 3. The summed E-state index contributed by atoms with van der Waals surface area (Å²) in [5, 5.41) is 10.1. The van der Waals surface area contributed by atoms with E-state index in [1.807, 2.05) is 0 Å². The lowest BCUT2D eigenvalue weighted by Crippen LogP contribution is -2.40. The van der Waals surface area contributed by atoms with Crippen molar-refractivity contribution >= 4 is 5.97 Å². The molecule has 23 heavy (non-hydrogen) atoms. The van der Waals surface area contributed by atoms with Gasteiger partial charge in [0.2, 0.25) is 0 Å². The van der Waals surface area contributed by atoms with Crippen molar-refractivity contribution in [2.45, 2.75) is 72.1 Å². The molecular weight excluding hydrogens is 288 g/mol. The molecule has 0 spiro atoms. The van der Waals surface area contributed by atoms with Crippen molar-refractivity contribution in [3.05, 3.63) is 23.3 Å². The third-order valence-electron chi connectivity index (χ3n) is 4.91. The van der Waals surface area contributed by atoms with Crippen LogP contribution < -0.4 is 0 Å². The van der Waals surface area contributed by atoms with Crippen LogP contribution in [0.2, 0.25) is 0 Å². The van der Waals surface area contributed by atoms with E-state index >= 15 is 0 Å². The van der Waals surface area contributed by atoms with E-state index in [0.29, 0.717) is 6.61 Å². The highest BCUT2D eigenvalue weighted by molar-refractivity contribution is 5.79. The number of aliphatic carboxylic acids is 1. The number of hydrogen-bond acceptors (Lipinski definition) is 2. The molecule has 0 radical (unpaired) electrons. The number of ether oxygens (including phenoxy) is 1. The van der Waals surface area contributed by atoms with E-state index < -0.39 is 11.4 Å². The fourth-order valence-corrected chi connectivity index (χ4v) is 3.82. The van der Waals surface area contributed by atoms with E-state index in [1.165, 1.54) is 11.1 Å². The SMILES string of the molecule is CCCCC1(C(=O)O)C=C(CCC)C=C(CCC)C1CCOC. The molecule has 3 heteroatoms. The summed E-state index contributed by atoms with van der Waals surface area (Å²) in [5.74, 6) is -0.602. The van der Waals surface area contributed by atoms with E-state index in [2.05, 4.69) is 32.9 Å². The zero-order valence-electron chi connectivity index (χ0n) is 15.4. The smallest absolute Gasteiger partial charge is 0.314 e. The Bertz CT molecular complexity index is 436. The van der Waals surface area contributed by atoms with Gasteiger partial charge in [-0.25, -0.2) is 0 Å². The molecule has 1 aliphatic carbocycles. The van der Waals surface area contributed by atoms with Gasteiger partial charge >= 0.3 is 5.97 Å². The van der Waals surface area contributed by atoms with Crippen LogP contribution in [0.4, 0.5) is 0 Å². The molecule has 0 aromatic carbocycles. The van der Waals surface area contributed by atoms with Crippen LogP contribution in [0, 0.1) is 11.3 Å². The molecule has 0 aromatic heterocycles. The molecule has 0 bridgehead atoms. The molecule has 1 rings (SSSR count). The molecule has 1 N–H and O–H groups in total. The largest absolute Gasteiger partial charge is 0.481 e. The monoisotopic (exact) mass is 322 g/mol. The van der Waals surface area contributed by atoms with Crippen LogP contribution in [0.1, 0.15) is 72.1 Å². The summed E-state index contributed by atoms with van der Waals surface area (Å²) in [6.45, 7) is 7.06. The Morgan fingerprint density at radius 2 is 1.91 bits per heavy atom. The lowest BCUT2D eigenvalue weighted by atomic mass is 9.63. The van der Waals surface area contributed by atoms with Crippen molar-refractivity contribution in [1.29, 1.82) is 0 Å². The predicted octanol–water partition coefficient (Wildman–Crippen LogP) is 5.37. The average Bonchev–Trinajstić information content (AvgIpc) is 2.52. The van der Waals surface area contributed by atoms with Gasteiger partial charge in [0.05, 0.1) is 5.41 Å². The molecule has 0 aromatic rings. The lowest BCUT2D eigenvalue weighted by molar-refractivity contribution is -0.149. The summed E-state index contributed by atoms with van der Waals surface area (Å²) in [6, 6.07) is 0. The fourth-order valence-electron chi connectivity index (χ4n) is 3.82. The minimum absolute atomic E-state index is 0.0621. The first-order valence-electron chi connectivity index (χ1n) is 9.20. The number of unbranched alkanes of at least 4 members (excludes halogenated alkanes) is 1. The molecule has 3 nitrogen and oxygen atoms in total. The maximum Gasteiger partial charge on any atom is 0.314 e. The first-order valence-corrected chi connectivity index (χ1v) is 9.20. The Hall–Kier alpha value is -1.09. The van der Waals surface area contributed by atoms with Crippen LogP contribution in [0.25, 0.3) is 0 Å². The highest BCUT2D eigenvalue weighted by atomic mass is 16.5. The second-order valence-electron chi connectivity index (χ2n) is 6.72. The molecule has 1 aliphatic rings. The number of rotatable bonds is 11. The molecule has 2 unspecified atom stereocenters. The topological polar surface area (TPSA) is 46.5 Å². The highest BCUT2D eigenvalue weighted by Gasteiger charge is 2.46. The number of methoxy groups -OCH3 is 1. The van der Waals surface area contributed by atoms with Crippen molar-refractivity contribution < 1.29 is 14.6 Å². The molecule has 0 saturated carbocycles. The molecule has 0 amide bonds. The van der Waals surface area contributed by atoms with E-state index in [-0.39, 0.29) is 5.92 Å². The Kier molecular flexibility index (Phi) is 8.60. The van der Waals surface area contributed by atoms with E-state index in [0.717, 1.165) is 51.4 Å². The first-order chi connectivity index (χ1) is 11.1. The molecule has 132 valence electrons. The van der Waals surface area contributed by atoms with Gasteiger partial charge in [-0.1, -0.05) is 69.8 Å². The third-order valence-corrected chi connectivity index (χ3v) is 4.91. The van der Waals surface area contributed by atoms with Crippen molar-refractivity contribution in [3.63, 3.8) is 0 Å². The highest BCUT2D eigenvalue weighted by Crippen LogP contribution is 2.47. The van der Waals surface area contributed by atoms with Crippen LogP contribution in [-0.4, -0.2) is 24.8 Å². The normalized spacial score (nSPS) is 24.3. The summed E-state index contributed by atoms with van der Waals surface area (Å²) in [4.78, 5) is 12.3. The minimum atomic E-state index is -0.752. The zero-order chi connectivity index (χ0) is 17.3. The van der Waals surface area contributed by atoms with Gasteiger partial charge in [0.15, 0.2) is 0 Å². The zero-order valence-corrected chi connectivity index (χ0v) is 15.4. The van der Waals surface area contributed by atoms with Gasteiger partial charge in [-0.05, 0) is 25.7 Å². The van der Waals surface area contributed by atoms with Gasteiger partial charge in [-0.15, -0.1) is 0 Å². The summed E-state index contributed by atoms with van der Waals surface area (Å²) in [5.41, 5.74) is 1.77. The molecule has 0 aliphatic heterocycles. The van der Waals surface area contributed by atoms with Crippen LogP contribution in [0.15, 0.2) is 23.3 Å². The first kappa shape index (κ1) is 20.0. The molecule has 2 atom stereocenters. The van der Waals surface area contributed by atoms with Crippen LogP contribution in [0.5, 0.6) is 0 Å². The molecule has 0 fully saturated rings. The summed E-state index contributed by atoms with van der Waals surface area (Å²) >= 11 is 0. The van der Waals surface area contributed by atoms with Crippen LogP contribution in [0.3, 0.4) is 0 Å². The number of carbonyl (C=O) groups is 1. The van der Waals surface area contributed by atoms with Gasteiger partial charge in [-0.2, -0.15) is 0 Å². The Balaban J connectivity index is 3.29. The lowest BCUT2D eigenvalue weighted by Gasteiger charge is -2.40. The van der Waals surface area contributed by atoms with E-state index in [1.54, 1.807) is 7.11 Å². The van der Waals surface area contributed by atoms with Gasteiger partial charge < -0.3 is 9.84 Å². The van der Waals surface area contributed by atoms with E-state index in [4.69, 9.17) is 4.74 Å². The number of carboxylic acids is 1. The Morgan fingerprint density at radius 1 is 1.22 bits per heavy atom. The number of carboxylic acid groups (broad SMARTS) is 1. The van der Waals surface area contributed by atoms with Gasteiger partial charge in [0.1, 0.15) is 0 Å². The molecular formula is C20H34O3. The number of hydrogen-bond donors (Lipinski definition) is 1. The Morgan fingerprint density at radius 3 is 2.43 bits per heavy atom. The third kappa shape index (κ3) is 4.94. The predicted molar refractivity (Wildman–Crippen MR) is 95.6 cm³/mol. The Labute approximate surface area is 141 Å². The maximum absolute atomic E-state index is 12.3.